The van der Waals surface area contributed by atoms with Crippen LogP contribution < -0.4 is 10.6 Å². The molecule has 0 radical (unpaired) electrons. The molecule has 0 spiro atoms. The van der Waals surface area contributed by atoms with Gasteiger partial charge in [-0.05, 0) is 24.1 Å². The third kappa shape index (κ3) is 4.61. The maximum Gasteiger partial charge on any atom is 0.246 e. The van der Waals surface area contributed by atoms with Crippen molar-refractivity contribution in [1.82, 2.24) is 10.6 Å². The Kier molecular flexibility index (Phi) is 4.75. The summed E-state index contributed by atoms with van der Waals surface area (Å²) in [7, 11) is 0. The molecule has 4 nitrogen and oxygen atoms in total. The lowest BCUT2D eigenvalue weighted by atomic mass is 9.87. The molecule has 1 amide bonds. The average Bonchev–Trinajstić information content (AvgIpc) is 2.28. The van der Waals surface area contributed by atoms with Crippen molar-refractivity contribution < 1.29 is 9.90 Å². The third-order valence-electron chi connectivity index (χ3n) is 2.79. The summed E-state index contributed by atoms with van der Waals surface area (Å²) in [5, 5.41) is 15.6. The topological polar surface area (TPSA) is 61.4 Å². The number of rotatable bonds is 4. The van der Waals surface area contributed by atoms with Crippen molar-refractivity contribution in [3.8, 4) is 0 Å². The number of hydrogen-bond donors (Lipinski definition) is 3. The molecule has 1 rings (SSSR count). The first kappa shape index (κ1) is 13.8. The van der Waals surface area contributed by atoms with Gasteiger partial charge in [0.15, 0.2) is 0 Å². The van der Waals surface area contributed by atoms with Crippen molar-refractivity contribution in [2.75, 3.05) is 6.54 Å². The quantitative estimate of drug-likeness (QED) is 0.683. The highest BCUT2D eigenvalue weighted by Gasteiger charge is 2.22. The van der Waals surface area contributed by atoms with E-state index in [0.717, 1.165) is 0 Å². The lowest BCUT2D eigenvalue weighted by Crippen LogP contribution is -2.43. The molecule has 0 aliphatic carbocycles. The van der Waals surface area contributed by atoms with Crippen molar-refractivity contribution in [3.05, 3.63) is 24.4 Å². The molecule has 0 aromatic rings. The molecule has 0 saturated carbocycles. The van der Waals surface area contributed by atoms with Crippen molar-refractivity contribution >= 4 is 5.91 Å². The number of dihydropyridines is 1. The molecule has 0 bridgehead atoms. The van der Waals surface area contributed by atoms with Crippen LogP contribution >= 0.6 is 0 Å². The lowest BCUT2D eigenvalue weighted by molar-refractivity contribution is -0.122. The second kappa shape index (κ2) is 5.87. The van der Waals surface area contributed by atoms with Gasteiger partial charge in [0.1, 0.15) is 6.04 Å². The molecule has 4 heteroatoms. The molecule has 1 aliphatic rings. The van der Waals surface area contributed by atoms with E-state index in [2.05, 4.69) is 10.6 Å². The minimum Gasteiger partial charge on any atom is -0.393 e. The SMILES string of the molecule is CC(C)(C)[C@H](O)CCNC(=O)[C@@H]1C=CC=CN1. The molecule has 96 valence electrons. The smallest absolute Gasteiger partial charge is 0.246 e. The molecule has 2 atom stereocenters. The first-order valence-electron chi connectivity index (χ1n) is 5.96. The minimum absolute atomic E-state index is 0.0632. The Morgan fingerprint density at radius 1 is 1.47 bits per heavy atom. The number of nitrogens with one attached hydrogen (secondary N) is 2. The summed E-state index contributed by atoms with van der Waals surface area (Å²) in [6, 6.07) is -0.299. The van der Waals surface area contributed by atoms with Gasteiger partial charge in [0.2, 0.25) is 5.91 Å². The van der Waals surface area contributed by atoms with E-state index >= 15 is 0 Å². The van der Waals surface area contributed by atoms with Crippen LogP contribution in [0.1, 0.15) is 27.2 Å². The van der Waals surface area contributed by atoms with E-state index in [9.17, 15) is 9.90 Å². The minimum atomic E-state index is -0.405. The predicted molar refractivity (Wildman–Crippen MR) is 68.3 cm³/mol. The van der Waals surface area contributed by atoms with Gasteiger partial charge in [-0.1, -0.05) is 32.9 Å². The highest BCUT2D eigenvalue weighted by molar-refractivity contribution is 5.84. The Hall–Kier alpha value is -1.29. The largest absolute Gasteiger partial charge is 0.393 e. The van der Waals surface area contributed by atoms with E-state index in [1.807, 2.05) is 32.9 Å². The van der Waals surface area contributed by atoms with Gasteiger partial charge in [0, 0.05) is 6.54 Å². The first-order valence-corrected chi connectivity index (χ1v) is 5.96. The number of allylic oxidation sites excluding steroid dienone is 2. The van der Waals surface area contributed by atoms with E-state index in [1.165, 1.54) is 0 Å². The molecule has 1 aliphatic heterocycles. The Balaban J connectivity index is 2.25. The molecule has 0 fully saturated rings. The summed E-state index contributed by atoms with van der Waals surface area (Å²) >= 11 is 0. The van der Waals surface area contributed by atoms with Crippen molar-refractivity contribution in [2.45, 2.75) is 39.3 Å². The van der Waals surface area contributed by atoms with Crippen LogP contribution in [0.2, 0.25) is 0 Å². The van der Waals surface area contributed by atoms with Crippen LogP contribution in [-0.4, -0.2) is 29.7 Å². The fourth-order valence-electron chi connectivity index (χ4n) is 1.48. The van der Waals surface area contributed by atoms with E-state index in [4.69, 9.17) is 0 Å². The van der Waals surface area contributed by atoms with E-state index in [1.54, 1.807) is 12.3 Å². The standard InChI is InChI=1S/C13H22N2O2/c1-13(2,3)11(16)7-9-15-12(17)10-6-4-5-8-14-10/h4-6,8,10-11,14,16H,7,9H2,1-3H3,(H,15,17)/t10-,11+/m0/s1. The summed E-state index contributed by atoms with van der Waals surface area (Å²) < 4.78 is 0. The van der Waals surface area contributed by atoms with Crippen molar-refractivity contribution in [3.63, 3.8) is 0 Å². The summed E-state index contributed by atoms with van der Waals surface area (Å²) in [6.45, 7) is 6.44. The zero-order chi connectivity index (χ0) is 12.9. The van der Waals surface area contributed by atoms with Gasteiger partial charge in [-0.2, -0.15) is 0 Å². The fourth-order valence-corrected chi connectivity index (χ4v) is 1.48. The maximum atomic E-state index is 11.7. The van der Waals surface area contributed by atoms with Crippen LogP contribution in [-0.2, 0) is 4.79 Å². The molecule has 0 aromatic carbocycles. The molecular weight excluding hydrogens is 216 g/mol. The second-order valence-electron chi connectivity index (χ2n) is 5.35. The van der Waals surface area contributed by atoms with Crippen LogP contribution in [0.4, 0.5) is 0 Å². The Morgan fingerprint density at radius 3 is 2.71 bits per heavy atom. The van der Waals surface area contributed by atoms with E-state index in [0.29, 0.717) is 13.0 Å². The zero-order valence-corrected chi connectivity index (χ0v) is 10.7. The molecule has 3 N–H and O–H groups in total. The number of amides is 1. The predicted octanol–water partition coefficient (Wildman–Crippen LogP) is 0.941. The molecule has 0 saturated heterocycles. The van der Waals surface area contributed by atoms with Gasteiger partial charge in [-0.15, -0.1) is 0 Å². The zero-order valence-electron chi connectivity index (χ0n) is 10.7. The van der Waals surface area contributed by atoms with Gasteiger partial charge in [-0.3, -0.25) is 4.79 Å². The number of hydrogen-bond acceptors (Lipinski definition) is 3. The number of aliphatic hydroxyl groups excluding tert-OH is 1. The molecular formula is C13H22N2O2. The Morgan fingerprint density at radius 2 is 2.18 bits per heavy atom. The number of carbonyl (C=O) groups is 1. The second-order valence-corrected chi connectivity index (χ2v) is 5.35. The summed E-state index contributed by atoms with van der Waals surface area (Å²) in [6.07, 6.45) is 7.39. The molecule has 17 heavy (non-hydrogen) atoms. The summed E-state index contributed by atoms with van der Waals surface area (Å²) in [5.41, 5.74) is -0.142. The van der Waals surface area contributed by atoms with Crippen molar-refractivity contribution in [1.29, 1.82) is 0 Å². The van der Waals surface area contributed by atoms with Crippen LogP contribution in [0.15, 0.2) is 24.4 Å². The van der Waals surface area contributed by atoms with Crippen LogP contribution in [0.5, 0.6) is 0 Å². The Bertz CT molecular complexity index is 316. The van der Waals surface area contributed by atoms with Gasteiger partial charge in [0.05, 0.1) is 6.10 Å². The summed E-state index contributed by atoms with van der Waals surface area (Å²) in [4.78, 5) is 11.7. The highest BCUT2D eigenvalue weighted by atomic mass is 16.3. The van der Waals surface area contributed by atoms with Gasteiger partial charge >= 0.3 is 0 Å². The fraction of sp³-hybridized carbons (Fsp3) is 0.615. The lowest BCUT2D eigenvalue weighted by Gasteiger charge is -2.26. The summed E-state index contributed by atoms with van der Waals surface area (Å²) in [5.74, 6) is -0.0632. The number of carbonyl (C=O) groups excluding carboxylic acids is 1. The molecule has 1 heterocycles. The first-order chi connectivity index (χ1) is 7.91. The Labute approximate surface area is 103 Å². The monoisotopic (exact) mass is 238 g/mol. The van der Waals surface area contributed by atoms with Crippen molar-refractivity contribution in [2.24, 2.45) is 5.41 Å². The number of aliphatic hydroxyl groups is 1. The van der Waals surface area contributed by atoms with Crippen LogP contribution in [0.3, 0.4) is 0 Å². The molecule has 0 aromatic heterocycles. The van der Waals surface area contributed by atoms with Crippen LogP contribution in [0.25, 0.3) is 0 Å². The highest BCUT2D eigenvalue weighted by Crippen LogP contribution is 2.20. The van der Waals surface area contributed by atoms with Gasteiger partial charge < -0.3 is 15.7 Å². The van der Waals surface area contributed by atoms with E-state index in [-0.39, 0.29) is 17.4 Å². The van der Waals surface area contributed by atoms with E-state index < -0.39 is 6.10 Å². The third-order valence-corrected chi connectivity index (χ3v) is 2.79. The van der Waals surface area contributed by atoms with Crippen LogP contribution in [0, 0.1) is 5.41 Å². The maximum absolute atomic E-state index is 11.7. The van der Waals surface area contributed by atoms with Gasteiger partial charge in [0.25, 0.3) is 0 Å². The van der Waals surface area contributed by atoms with Gasteiger partial charge in [-0.25, -0.2) is 0 Å². The normalized spacial score (nSPS) is 20.8. The molecule has 0 unspecified atom stereocenters. The average molecular weight is 238 g/mol.